The molecule has 3 aromatic carbocycles. The number of nitrogens with zero attached hydrogens (tertiary/aromatic N) is 1. The van der Waals surface area contributed by atoms with Crippen molar-refractivity contribution in [3.63, 3.8) is 0 Å². The number of halogens is 4. The smallest absolute Gasteiger partial charge is 0.329 e. The number of rotatable bonds is 7. The number of methoxy groups -OCH3 is 1. The van der Waals surface area contributed by atoms with Gasteiger partial charge in [-0.2, -0.15) is 5.10 Å². The third kappa shape index (κ3) is 6.60. The van der Waals surface area contributed by atoms with Gasteiger partial charge in [0.25, 0.3) is 0 Å². The fourth-order valence-corrected chi connectivity index (χ4v) is 3.37. The van der Waals surface area contributed by atoms with E-state index in [9.17, 15) is 14.0 Å². The van der Waals surface area contributed by atoms with Crippen LogP contribution in [-0.4, -0.2) is 25.1 Å². The minimum Gasteiger partial charge on any atom is -0.493 e. The molecule has 2 N–H and O–H groups in total. The topological polar surface area (TPSA) is 89.0 Å². The third-order valence-corrected chi connectivity index (χ3v) is 5.38. The molecule has 0 aromatic heterocycles. The monoisotopic (exact) mass is 523 g/mol. The summed E-state index contributed by atoms with van der Waals surface area (Å²) in [6.07, 6.45) is 1.32. The quantitative estimate of drug-likeness (QED) is 0.244. The van der Waals surface area contributed by atoms with Gasteiger partial charge < -0.3 is 14.8 Å². The summed E-state index contributed by atoms with van der Waals surface area (Å²) in [4.78, 5) is 23.9. The SMILES string of the molecule is COc1cc(/C=N/NC(=O)C(=O)Nc2ccc(F)c(Cl)c2)ccc1OCc1c(Cl)cccc1Cl. The van der Waals surface area contributed by atoms with Gasteiger partial charge in [0.1, 0.15) is 12.4 Å². The molecular weight excluding hydrogens is 508 g/mol. The lowest BCUT2D eigenvalue weighted by atomic mass is 10.2. The molecular formula is C23H17Cl3FN3O4. The second-order valence-corrected chi connectivity index (χ2v) is 7.90. The number of nitrogens with one attached hydrogen (secondary N) is 2. The van der Waals surface area contributed by atoms with Crippen molar-refractivity contribution in [3.8, 4) is 11.5 Å². The van der Waals surface area contributed by atoms with Crippen molar-refractivity contribution in [2.24, 2.45) is 5.10 Å². The van der Waals surface area contributed by atoms with Crippen LogP contribution in [0.1, 0.15) is 11.1 Å². The molecule has 0 bridgehead atoms. The molecule has 0 saturated heterocycles. The molecule has 0 aliphatic heterocycles. The predicted molar refractivity (Wildman–Crippen MR) is 130 cm³/mol. The number of hydrogen-bond donors (Lipinski definition) is 2. The first-order valence-corrected chi connectivity index (χ1v) is 10.7. The minimum absolute atomic E-state index is 0.132. The van der Waals surface area contributed by atoms with E-state index in [1.165, 1.54) is 25.5 Å². The van der Waals surface area contributed by atoms with Crippen molar-refractivity contribution in [3.05, 3.63) is 86.6 Å². The van der Waals surface area contributed by atoms with Crippen LogP contribution in [0.3, 0.4) is 0 Å². The van der Waals surface area contributed by atoms with E-state index in [1.807, 2.05) is 0 Å². The molecule has 0 fully saturated rings. The van der Waals surface area contributed by atoms with Crippen LogP contribution in [0.4, 0.5) is 10.1 Å². The first kappa shape index (κ1) is 25.3. The Hall–Kier alpha value is -3.33. The van der Waals surface area contributed by atoms with Crippen LogP contribution in [0.5, 0.6) is 11.5 Å². The van der Waals surface area contributed by atoms with Gasteiger partial charge in [0.05, 0.1) is 18.3 Å². The normalized spacial score (nSPS) is 10.7. The summed E-state index contributed by atoms with van der Waals surface area (Å²) < 4.78 is 24.3. The summed E-state index contributed by atoms with van der Waals surface area (Å²) in [5, 5.41) is 6.82. The highest BCUT2D eigenvalue weighted by Crippen LogP contribution is 2.31. The van der Waals surface area contributed by atoms with Gasteiger partial charge in [-0.3, -0.25) is 9.59 Å². The molecule has 0 spiro atoms. The van der Waals surface area contributed by atoms with Crippen molar-refractivity contribution < 1.29 is 23.5 Å². The molecule has 0 saturated carbocycles. The largest absolute Gasteiger partial charge is 0.493 e. The molecule has 176 valence electrons. The predicted octanol–water partition coefficient (Wildman–Crippen LogP) is 5.46. The van der Waals surface area contributed by atoms with E-state index >= 15 is 0 Å². The van der Waals surface area contributed by atoms with Crippen molar-refractivity contribution >= 4 is 58.5 Å². The number of benzene rings is 3. The molecule has 3 rings (SSSR count). The molecule has 11 heteroatoms. The third-order valence-electron chi connectivity index (χ3n) is 4.38. The number of anilines is 1. The van der Waals surface area contributed by atoms with Crippen LogP contribution >= 0.6 is 34.8 Å². The molecule has 2 amide bonds. The second kappa shape index (κ2) is 11.7. The van der Waals surface area contributed by atoms with Gasteiger partial charge in [-0.1, -0.05) is 40.9 Å². The first-order chi connectivity index (χ1) is 16.3. The Bertz CT molecular complexity index is 1230. The van der Waals surface area contributed by atoms with Crippen LogP contribution in [0.15, 0.2) is 59.7 Å². The highest BCUT2D eigenvalue weighted by molar-refractivity contribution is 6.40. The van der Waals surface area contributed by atoms with E-state index in [-0.39, 0.29) is 17.3 Å². The minimum atomic E-state index is -1.03. The Morgan fingerprint density at radius 2 is 1.71 bits per heavy atom. The Kier molecular flexibility index (Phi) is 8.70. The summed E-state index contributed by atoms with van der Waals surface area (Å²) in [5.74, 6) is -1.82. The maximum Gasteiger partial charge on any atom is 0.329 e. The lowest BCUT2D eigenvalue weighted by Crippen LogP contribution is -2.32. The van der Waals surface area contributed by atoms with Crippen molar-refractivity contribution in [1.29, 1.82) is 0 Å². The summed E-state index contributed by atoms with van der Waals surface area (Å²) in [5.41, 5.74) is 3.46. The first-order valence-electron chi connectivity index (χ1n) is 9.61. The van der Waals surface area contributed by atoms with E-state index in [4.69, 9.17) is 44.3 Å². The summed E-state index contributed by atoms with van der Waals surface area (Å²) in [6, 6.07) is 13.6. The average Bonchev–Trinajstić information content (AvgIpc) is 2.81. The molecule has 0 aliphatic carbocycles. The van der Waals surface area contributed by atoms with E-state index < -0.39 is 17.6 Å². The zero-order valence-corrected chi connectivity index (χ0v) is 19.8. The number of carbonyl (C=O) groups excluding carboxylic acids is 2. The van der Waals surface area contributed by atoms with Gasteiger partial charge in [-0.05, 0) is 54.1 Å². The lowest BCUT2D eigenvalue weighted by Gasteiger charge is -2.13. The molecule has 0 atom stereocenters. The highest BCUT2D eigenvalue weighted by Gasteiger charge is 2.14. The number of hydrogen-bond acceptors (Lipinski definition) is 5. The van der Waals surface area contributed by atoms with Gasteiger partial charge in [-0.15, -0.1) is 0 Å². The molecule has 0 radical (unpaired) electrons. The molecule has 7 nitrogen and oxygen atoms in total. The van der Waals surface area contributed by atoms with E-state index in [2.05, 4.69) is 15.8 Å². The molecule has 0 unspecified atom stereocenters. The van der Waals surface area contributed by atoms with Gasteiger partial charge in [0.15, 0.2) is 11.5 Å². The zero-order chi connectivity index (χ0) is 24.7. The summed E-state index contributed by atoms with van der Waals surface area (Å²) in [7, 11) is 1.47. The fraction of sp³-hybridized carbons (Fsp3) is 0.0870. The molecule has 0 aliphatic rings. The van der Waals surface area contributed by atoms with Crippen LogP contribution in [0.25, 0.3) is 0 Å². The number of carbonyl (C=O) groups is 2. The maximum atomic E-state index is 13.2. The second-order valence-electron chi connectivity index (χ2n) is 6.68. The van der Waals surface area contributed by atoms with E-state index in [0.29, 0.717) is 32.7 Å². The van der Waals surface area contributed by atoms with Crippen molar-refractivity contribution in [2.75, 3.05) is 12.4 Å². The van der Waals surface area contributed by atoms with Gasteiger partial charge in [-0.25, -0.2) is 9.82 Å². The Balaban J connectivity index is 1.59. The summed E-state index contributed by atoms with van der Waals surface area (Å²) >= 11 is 18.0. The Morgan fingerprint density at radius 1 is 0.971 bits per heavy atom. The van der Waals surface area contributed by atoms with Crippen LogP contribution in [0.2, 0.25) is 15.1 Å². The van der Waals surface area contributed by atoms with Crippen LogP contribution < -0.4 is 20.2 Å². The Morgan fingerprint density at radius 3 is 2.38 bits per heavy atom. The standard InChI is InChI=1S/C23H17Cl3FN3O4/c1-33-21-9-13(5-8-20(21)34-12-15-16(24)3-2-4-17(15)25)11-28-30-23(32)22(31)29-14-6-7-19(27)18(26)10-14/h2-11H,12H2,1H3,(H,29,31)(H,30,32)/b28-11+. The van der Waals surface area contributed by atoms with Gasteiger partial charge in [0, 0.05) is 21.3 Å². The molecule has 34 heavy (non-hydrogen) atoms. The average molecular weight is 525 g/mol. The number of ether oxygens (including phenoxy) is 2. The number of hydrazone groups is 1. The Labute approximate surface area is 209 Å². The van der Waals surface area contributed by atoms with Gasteiger partial charge >= 0.3 is 11.8 Å². The van der Waals surface area contributed by atoms with Crippen LogP contribution in [0, 0.1) is 5.82 Å². The summed E-state index contributed by atoms with van der Waals surface area (Å²) in [6.45, 7) is 0.132. The number of amides is 2. The lowest BCUT2D eigenvalue weighted by molar-refractivity contribution is -0.136. The zero-order valence-electron chi connectivity index (χ0n) is 17.6. The van der Waals surface area contributed by atoms with Crippen molar-refractivity contribution in [2.45, 2.75) is 6.61 Å². The fourth-order valence-electron chi connectivity index (χ4n) is 2.68. The van der Waals surface area contributed by atoms with E-state index in [0.717, 1.165) is 6.07 Å². The van der Waals surface area contributed by atoms with E-state index in [1.54, 1.807) is 36.4 Å². The van der Waals surface area contributed by atoms with Crippen molar-refractivity contribution in [1.82, 2.24) is 5.43 Å². The van der Waals surface area contributed by atoms with Crippen LogP contribution in [-0.2, 0) is 16.2 Å². The molecule has 0 heterocycles. The maximum absolute atomic E-state index is 13.2. The molecule has 3 aromatic rings. The highest BCUT2D eigenvalue weighted by atomic mass is 35.5. The van der Waals surface area contributed by atoms with Gasteiger partial charge in [0.2, 0.25) is 0 Å².